The summed E-state index contributed by atoms with van der Waals surface area (Å²) in [5.74, 6) is -2.61. The van der Waals surface area contributed by atoms with Crippen LogP contribution in [0.4, 0.5) is 0 Å². The summed E-state index contributed by atoms with van der Waals surface area (Å²) in [6, 6.07) is 4.14. The van der Waals surface area contributed by atoms with Crippen molar-refractivity contribution in [3.8, 4) is 5.75 Å². The Hall–Kier alpha value is -0.970. The molecule has 15 heavy (non-hydrogen) atoms. The molecule has 0 aromatic heterocycles. The van der Waals surface area contributed by atoms with E-state index in [9.17, 15) is 9.59 Å². The molecule has 0 aliphatic carbocycles. The maximum Gasteiger partial charge on any atom is 0.435 e. The summed E-state index contributed by atoms with van der Waals surface area (Å²) in [6.45, 7) is 0. The van der Waals surface area contributed by atoms with Crippen molar-refractivity contribution in [2.75, 3.05) is 0 Å². The highest BCUT2D eigenvalue weighted by Crippen LogP contribution is 2.27. The van der Waals surface area contributed by atoms with Crippen molar-refractivity contribution < 1.29 is 18.6 Å². The summed E-state index contributed by atoms with van der Waals surface area (Å²) >= 11 is 16.0. The first kappa shape index (κ1) is 12.1. The van der Waals surface area contributed by atoms with Crippen LogP contribution in [0.2, 0.25) is 10.0 Å². The Bertz CT molecular complexity index is 405. The van der Waals surface area contributed by atoms with Gasteiger partial charge in [0.25, 0.3) is 0 Å². The van der Waals surface area contributed by atoms with Crippen LogP contribution in [-0.4, -0.2) is 11.9 Å². The van der Waals surface area contributed by atoms with Gasteiger partial charge in [0, 0.05) is 5.02 Å². The molecule has 0 aliphatic rings. The van der Waals surface area contributed by atoms with Gasteiger partial charge in [-0.1, -0.05) is 23.2 Å². The normalized spacial score (nSPS) is 9.53. The second-order valence-electron chi connectivity index (χ2n) is 2.33. The van der Waals surface area contributed by atoms with Crippen LogP contribution in [0.3, 0.4) is 0 Å². The van der Waals surface area contributed by atoms with E-state index in [1.54, 1.807) is 0 Å². The van der Waals surface area contributed by atoms with Crippen LogP contribution in [0.15, 0.2) is 18.2 Å². The van der Waals surface area contributed by atoms with Gasteiger partial charge in [0.15, 0.2) is 0 Å². The molecule has 0 saturated heterocycles. The number of ether oxygens (including phenoxy) is 1. The van der Waals surface area contributed by atoms with Gasteiger partial charge < -0.3 is 9.03 Å². The molecule has 0 atom stereocenters. The molecule has 0 aliphatic heterocycles. The van der Waals surface area contributed by atoms with Gasteiger partial charge in [-0.05, 0) is 18.2 Å². The molecule has 80 valence electrons. The van der Waals surface area contributed by atoms with Crippen molar-refractivity contribution in [1.29, 1.82) is 0 Å². The second-order valence-corrected chi connectivity index (χ2v) is 3.33. The van der Waals surface area contributed by atoms with Gasteiger partial charge in [-0.15, -0.1) is 0 Å². The van der Waals surface area contributed by atoms with Gasteiger partial charge >= 0.3 is 11.9 Å². The van der Waals surface area contributed by atoms with Gasteiger partial charge in [-0.25, -0.2) is 9.59 Å². The predicted octanol–water partition coefficient (Wildman–Crippen LogP) is 2.60. The summed E-state index contributed by atoms with van der Waals surface area (Å²) in [7, 11) is 0. The molecule has 0 bridgehead atoms. The molecule has 0 heterocycles. The molecule has 7 heteroatoms. The Morgan fingerprint density at radius 3 is 2.33 bits per heavy atom. The van der Waals surface area contributed by atoms with Crippen molar-refractivity contribution in [1.82, 2.24) is 0 Å². The molecule has 0 N–H and O–H groups in total. The van der Waals surface area contributed by atoms with Crippen LogP contribution in [0.25, 0.3) is 0 Å². The van der Waals surface area contributed by atoms with Gasteiger partial charge in [0.05, 0.1) is 5.02 Å². The third-order valence-corrected chi connectivity index (χ3v) is 2.00. The third-order valence-electron chi connectivity index (χ3n) is 1.33. The highest BCUT2D eigenvalue weighted by molar-refractivity contribution is 6.37. The minimum atomic E-state index is -1.33. The van der Waals surface area contributed by atoms with E-state index >= 15 is 0 Å². The largest absolute Gasteiger partial charge is 0.435 e. The highest BCUT2D eigenvalue weighted by atomic mass is 35.5. The summed E-state index contributed by atoms with van der Waals surface area (Å²) in [4.78, 5) is 21.5. The predicted molar refractivity (Wildman–Crippen MR) is 54.0 cm³/mol. The lowest BCUT2D eigenvalue weighted by atomic mass is 10.3. The van der Waals surface area contributed by atoms with E-state index in [2.05, 4.69) is 20.9 Å². The van der Waals surface area contributed by atoms with Crippen LogP contribution in [0.5, 0.6) is 5.75 Å². The van der Waals surface area contributed by atoms with Gasteiger partial charge in [0.2, 0.25) is 0 Å². The molecule has 1 rings (SSSR count). The summed E-state index contributed by atoms with van der Waals surface area (Å²) < 4.78 is 8.20. The standard InChI is InChI=1S/C8H3Cl3O4/c9-4-1-2-6(5(10)3-4)14-7(12)8(13)15-11/h1-3H. The van der Waals surface area contributed by atoms with Crippen molar-refractivity contribution in [2.24, 2.45) is 0 Å². The minimum absolute atomic E-state index is 0.00636. The maximum absolute atomic E-state index is 10.9. The Morgan fingerprint density at radius 2 is 1.80 bits per heavy atom. The lowest BCUT2D eigenvalue weighted by Crippen LogP contribution is -2.20. The average molecular weight is 269 g/mol. The van der Waals surface area contributed by atoms with E-state index in [4.69, 9.17) is 23.2 Å². The van der Waals surface area contributed by atoms with E-state index in [-0.39, 0.29) is 10.8 Å². The van der Waals surface area contributed by atoms with Crippen molar-refractivity contribution in [3.05, 3.63) is 28.2 Å². The zero-order valence-corrected chi connectivity index (χ0v) is 9.27. The van der Waals surface area contributed by atoms with Gasteiger partial charge in [-0.3, -0.25) is 0 Å². The zero-order chi connectivity index (χ0) is 11.4. The first-order valence-electron chi connectivity index (χ1n) is 3.54. The zero-order valence-electron chi connectivity index (χ0n) is 7.00. The maximum atomic E-state index is 10.9. The number of carbonyl (C=O) groups excluding carboxylic acids is 2. The SMILES string of the molecule is O=C(OCl)C(=O)Oc1ccc(Cl)cc1Cl. The van der Waals surface area contributed by atoms with Gasteiger partial charge in [0.1, 0.15) is 17.6 Å². The summed E-state index contributed by atoms with van der Waals surface area (Å²) in [5.41, 5.74) is 0. The lowest BCUT2D eigenvalue weighted by Gasteiger charge is -2.03. The van der Waals surface area contributed by atoms with E-state index in [1.165, 1.54) is 18.2 Å². The number of hydrogen-bond acceptors (Lipinski definition) is 4. The fraction of sp³-hybridized carbons (Fsp3) is 0. The Kier molecular flexibility index (Phi) is 4.20. The van der Waals surface area contributed by atoms with Crippen LogP contribution in [0.1, 0.15) is 0 Å². The van der Waals surface area contributed by atoms with Crippen LogP contribution < -0.4 is 4.74 Å². The smallest absolute Gasteiger partial charge is 0.416 e. The first-order chi connectivity index (χ1) is 7.04. The number of rotatable bonds is 1. The number of hydrogen-bond donors (Lipinski definition) is 0. The van der Waals surface area contributed by atoms with E-state index in [1.807, 2.05) is 0 Å². The fourth-order valence-corrected chi connectivity index (χ4v) is 1.24. The number of halogens is 3. The quantitative estimate of drug-likeness (QED) is 0.447. The molecule has 1 aromatic carbocycles. The Balaban J connectivity index is 2.81. The highest BCUT2D eigenvalue weighted by Gasteiger charge is 2.19. The lowest BCUT2D eigenvalue weighted by molar-refractivity contribution is -0.156. The van der Waals surface area contributed by atoms with Gasteiger partial charge in [-0.2, -0.15) is 0 Å². The molecule has 1 aromatic rings. The molecule has 0 amide bonds. The Labute approximate surface area is 99.8 Å². The molecule has 0 unspecified atom stereocenters. The number of esters is 1. The number of carbonyl (C=O) groups is 2. The van der Waals surface area contributed by atoms with Crippen molar-refractivity contribution in [3.63, 3.8) is 0 Å². The fourth-order valence-electron chi connectivity index (χ4n) is 0.731. The molecular formula is C8H3Cl3O4. The molecule has 0 fully saturated rings. The second kappa shape index (κ2) is 5.21. The molecule has 4 nitrogen and oxygen atoms in total. The van der Waals surface area contributed by atoms with Crippen LogP contribution >= 0.6 is 35.1 Å². The minimum Gasteiger partial charge on any atom is -0.416 e. The Morgan fingerprint density at radius 1 is 1.13 bits per heavy atom. The monoisotopic (exact) mass is 268 g/mol. The van der Waals surface area contributed by atoms with Crippen molar-refractivity contribution in [2.45, 2.75) is 0 Å². The summed E-state index contributed by atoms with van der Waals surface area (Å²) in [6.07, 6.45) is 0. The first-order valence-corrected chi connectivity index (χ1v) is 4.61. The van der Waals surface area contributed by atoms with E-state index in [0.29, 0.717) is 5.02 Å². The van der Waals surface area contributed by atoms with Crippen LogP contribution in [0, 0.1) is 0 Å². The van der Waals surface area contributed by atoms with E-state index < -0.39 is 11.9 Å². The number of benzene rings is 1. The molecular weight excluding hydrogens is 266 g/mol. The summed E-state index contributed by atoms with van der Waals surface area (Å²) in [5, 5.41) is 0.470. The average Bonchev–Trinajstić information content (AvgIpc) is 2.20. The van der Waals surface area contributed by atoms with Crippen molar-refractivity contribution >= 4 is 47.0 Å². The van der Waals surface area contributed by atoms with E-state index in [0.717, 1.165) is 0 Å². The molecule has 0 radical (unpaired) electrons. The molecule has 0 spiro atoms. The molecule has 0 saturated carbocycles. The topological polar surface area (TPSA) is 52.6 Å². The third kappa shape index (κ3) is 3.27. The van der Waals surface area contributed by atoms with Crippen LogP contribution in [-0.2, 0) is 13.9 Å².